The Bertz CT molecular complexity index is 878. The molecule has 0 unspecified atom stereocenters. The molecule has 0 saturated heterocycles. The van der Waals surface area contributed by atoms with Crippen LogP contribution in [0.25, 0.3) is 0 Å². The molecule has 2 aromatic carbocycles. The third-order valence-electron chi connectivity index (χ3n) is 4.71. The topological polar surface area (TPSA) is 108 Å². The van der Waals surface area contributed by atoms with Gasteiger partial charge in [0.25, 0.3) is 0 Å². The summed E-state index contributed by atoms with van der Waals surface area (Å²) in [5, 5.41) is 8.01. The Morgan fingerprint density at radius 3 is 1.76 bits per heavy atom. The summed E-state index contributed by atoms with van der Waals surface area (Å²) in [7, 11) is 0.187. The Morgan fingerprint density at radius 1 is 0.879 bits per heavy atom. The number of nitrogens with one attached hydrogen (secondary N) is 1. The largest absolute Gasteiger partial charge is 0.744 e. The minimum Gasteiger partial charge on any atom is -0.744 e. The molecule has 0 heterocycles. The summed E-state index contributed by atoms with van der Waals surface area (Å²) in [4.78, 5) is 15.6. The molecule has 0 bridgehead atoms. The molecule has 0 saturated carbocycles. The van der Waals surface area contributed by atoms with Gasteiger partial charge in [0.05, 0.1) is 31.1 Å². The highest BCUT2D eigenvalue weighted by atomic mass is 32.2. The first kappa shape index (κ1) is 30.7. The first-order valence-corrected chi connectivity index (χ1v) is 12.7. The van der Waals surface area contributed by atoms with Gasteiger partial charge in [-0.3, -0.25) is 4.89 Å². The van der Waals surface area contributed by atoms with Crippen LogP contribution in [-0.4, -0.2) is 44.8 Å². The van der Waals surface area contributed by atoms with Crippen LogP contribution in [0.2, 0.25) is 0 Å². The summed E-state index contributed by atoms with van der Waals surface area (Å²) in [6, 6.07) is 12.5. The molecule has 0 aliphatic heterocycles. The van der Waals surface area contributed by atoms with Crippen LogP contribution in [0.1, 0.15) is 66.9 Å². The number of unbranched alkanes of at least 4 members (excludes halogenated alkanes) is 5. The van der Waals surface area contributed by atoms with Crippen LogP contribution in [0.15, 0.2) is 53.4 Å². The van der Waals surface area contributed by atoms with Crippen LogP contribution in [0, 0.1) is 13.8 Å². The highest BCUT2D eigenvalue weighted by molar-refractivity contribution is 7.85. The molecule has 0 atom stereocenters. The van der Waals surface area contributed by atoms with E-state index < -0.39 is 16.1 Å². The fourth-order valence-electron chi connectivity index (χ4n) is 2.71. The zero-order valence-electron chi connectivity index (χ0n) is 20.5. The Balaban J connectivity index is 0.000000465. The SMILES string of the molecule is CCCCCCCC[NH+](C)C.Cc1ccc(C(=O)OO)cc1.Cc1ccc(S(=O)(=O)[O-])cc1. The summed E-state index contributed by atoms with van der Waals surface area (Å²) in [5.74, 6) is -0.731. The van der Waals surface area contributed by atoms with Gasteiger partial charge in [0, 0.05) is 0 Å². The minimum absolute atomic E-state index is 0.178. The van der Waals surface area contributed by atoms with E-state index in [-0.39, 0.29) is 4.90 Å². The van der Waals surface area contributed by atoms with E-state index in [9.17, 15) is 17.8 Å². The maximum Gasteiger partial charge on any atom is 0.372 e. The van der Waals surface area contributed by atoms with Crippen molar-refractivity contribution in [2.75, 3.05) is 20.6 Å². The van der Waals surface area contributed by atoms with E-state index in [1.54, 1.807) is 41.3 Å². The van der Waals surface area contributed by atoms with Crippen molar-refractivity contribution in [3.8, 4) is 0 Å². The van der Waals surface area contributed by atoms with Crippen molar-refractivity contribution in [2.24, 2.45) is 0 Å². The number of benzene rings is 2. The van der Waals surface area contributed by atoms with Crippen molar-refractivity contribution in [3.63, 3.8) is 0 Å². The maximum absolute atomic E-state index is 10.7. The number of aryl methyl sites for hydroxylation is 2. The molecule has 0 aliphatic rings. The van der Waals surface area contributed by atoms with Gasteiger partial charge in [0.2, 0.25) is 0 Å². The van der Waals surface area contributed by atoms with Crippen LogP contribution in [0.4, 0.5) is 0 Å². The van der Waals surface area contributed by atoms with Gasteiger partial charge < -0.3 is 9.45 Å². The number of rotatable bonds is 9. The molecule has 0 aliphatic carbocycles. The van der Waals surface area contributed by atoms with Crippen molar-refractivity contribution >= 4 is 16.1 Å². The molecule has 2 aromatic rings. The van der Waals surface area contributed by atoms with Gasteiger partial charge in [0.15, 0.2) is 0 Å². The average molecular weight is 482 g/mol. The third kappa shape index (κ3) is 16.1. The van der Waals surface area contributed by atoms with Crippen molar-refractivity contribution in [3.05, 3.63) is 65.2 Å². The van der Waals surface area contributed by atoms with Crippen molar-refractivity contribution in [1.29, 1.82) is 0 Å². The fourth-order valence-corrected chi connectivity index (χ4v) is 3.18. The van der Waals surface area contributed by atoms with E-state index in [0.29, 0.717) is 5.56 Å². The zero-order valence-corrected chi connectivity index (χ0v) is 21.3. The van der Waals surface area contributed by atoms with Crippen LogP contribution < -0.4 is 4.90 Å². The summed E-state index contributed by atoms with van der Waals surface area (Å²) in [6.45, 7) is 7.34. The lowest BCUT2D eigenvalue weighted by Crippen LogP contribution is -3.05. The normalized spacial score (nSPS) is 10.5. The van der Waals surface area contributed by atoms with E-state index in [2.05, 4.69) is 25.9 Å². The Hall–Kier alpha value is -2.26. The highest BCUT2D eigenvalue weighted by Gasteiger charge is 2.04. The Labute approximate surface area is 199 Å². The second-order valence-corrected chi connectivity index (χ2v) is 9.62. The molecule has 33 heavy (non-hydrogen) atoms. The second-order valence-electron chi connectivity index (χ2n) is 8.24. The van der Waals surface area contributed by atoms with E-state index in [4.69, 9.17) is 5.26 Å². The molecular weight excluding hydrogens is 442 g/mol. The van der Waals surface area contributed by atoms with Gasteiger partial charge in [-0.25, -0.2) is 13.2 Å². The summed E-state index contributed by atoms with van der Waals surface area (Å²) in [6.07, 6.45) is 8.52. The van der Waals surface area contributed by atoms with Crippen molar-refractivity contribution in [1.82, 2.24) is 0 Å². The van der Waals surface area contributed by atoms with Gasteiger partial charge in [-0.15, -0.1) is 0 Å². The summed E-state index contributed by atoms with van der Waals surface area (Å²) in [5.41, 5.74) is 2.33. The number of carbonyl (C=O) groups excluding carboxylic acids is 1. The molecule has 0 fully saturated rings. The fraction of sp³-hybridized carbons (Fsp3) is 0.480. The van der Waals surface area contributed by atoms with Gasteiger partial charge in [0.1, 0.15) is 10.1 Å². The summed E-state index contributed by atoms with van der Waals surface area (Å²) < 4.78 is 31.2. The van der Waals surface area contributed by atoms with Crippen LogP contribution in [0.3, 0.4) is 0 Å². The first-order valence-electron chi connectivity index (χ1n) is 11.2. The summed E-state index contributed by atoms with van der Waals surface area (Å²) >= 11 is 0. The van der Waals surface area contributed by atoms with Gasteiger partial charge >= 0.3 is 5.97 Å². The zero-order chi connectivity index (χ0) is 25.3. The number of hydrogen-bond donors (Lipinski definition) is 2. The molecule has 0 amide bonds. The predicted molar refractivity (Wildman–Crippen MR) is 129 cm³/mol. The Kier molecular flexibility index (Phi) is 16.1. The number of hydrogen-bond acceptors (Lipinski definition) is 6. The van der Waals surface area contributed by atoms with Gasteiger partial charge in [-0.2, -0.15) is 5.26 Å². The van der Waals surface area contributed by atoms with Gasteiger partial charge in [-0.05, 0) is 51.0 Å². The average Bonchev–Trinajstić information content (AvgIpc) is 2.76. The molecular formula is C25H39NO6S. The van der Waals surface area contributed by atoms with Crippen LogP contribution in [-0.2, 0) is 15.0 Å². The molecule has 186 valence electrons. The minimum atomic E-state index is -4.27. The maximum atomic E-state index is 10.7. The lowest BCUT2D eigenvalue weighted by atomic mass is 10.1. The number of carbonyl (C=O) groups is 1. The third-order valence-corrected chi connectivity index (χ3v) is 5.56. The molecule has 0 aromatic heterocycles. The molecule has 2 N–H and O–H groups in total. The van der Waals surface area contributed by atoms with E-state index in [1.807, 2.05) is 13.8 Å². The van der Waals surface area contributed by atoms with Crippen molar-refractivity contribution in [2.45, 2.75) is 64.2 Å². The van der Waals surface area contributed by atoms with E-state index >= 15 is 0 Å². The quantitative estimate of drug-likeness (QED) is 0.242. The smallest absolute Gasteiger partial charge is 0.372 e. The van der Waals surface area contributed by atoms with Crippen LogP contribution in [0.5, 0.6) is 0 Å². The molecule has 0 radical (unpaired) electrons. The Morgan fingerprint density at radius 2 is 1.33 bits per heavy atom. The second kappa shape index (κ2) is 17.2. The standard InChI is InChI=1S/C10H23N.C8H8O3.C7H8O3S/c1-4-5-6-7-8-9-10-11(2)3;1-6-2-4-7(5-3-6)8(9)11-10;1-6-2-4-7(5-3-6)11(8,9)10/h4-10H2,1-3H3;2-5,10H,1H3;2-5H,1H3,(H,8,9,10). The van der Waals surface area contributed by atoms with E-state index in [1.165, 1.54) is 57.2 Å². The highest BCUT2D eigenvalue weighted by Crippen LogP contribution is 2.08. The molecule has 8 heteroatoms. The van der Waals surface area contributed by atoms with Gasteiger partial charge in [-0.1, -0.05) is 68.0 Å². The lowest BCUT2D eigenvalue weighted by Gasteiger charge is -2.05. The van der Waals surface area contributed by atoms with Crippen molar-refractivity contribution < 1.29 is 32.8 Å². The predicted octanol–water partition coefficient (Wildman–Crippen LogP) is 4.02. The lowest BCUT2D eigenvalue weighted by molar-refractivity contribution is -0.858. The monoisotopic (exact) mass is 481 g/mol. The van der Waals surface area contributed by atoms with E-state index in [0.717, 1.165) is 11.1 Å². The molecule has 2 rings (SSSR count). The van der Waals surface area contributed by atoms with Crippen LogP contribution >= 0.6 is 0 Å². The molecule has 0 spiro atoms. The number of quaternary nitrogens is 1. The first-order chi connectivity index (χ1) is 15.5. The molecule has 7 nitrogen and oxygen atoms in total.